The van der Waals surface area contributed by atoms with E-state index >= 15 is 0 Å². The molecule has 23 heavy (non-hydrogen) atoms. The summed E-state index contributed by atoms with van der Waals surface area (Å²) in [7, 11) is -3.47. The Morgan fingerprint density at radius 2 is 1.39 bits per heavy atom. The van der Waals surface area contributed by atoms with Gasteiger partial charge in [-0.1, -0.05) is 35.9 Å². The molecular formula is C19H17NO2S. The second-order valence-corrected chi connectivity index (χ2v) is 7.83. The zero-order chi connectivity index (χ0) is 16.0. The van der Waals surface area contributed by atoms with Crippen LogP contribution in [0.5, 0.6) is 0 Å². The van der Waals surface area contributed by atoms with E-state index in [9.17, 15) is 8.42 Å². The molecule has 4 heteroatoms. The zero-order valence-corrected chi connectivity index (χ0v) is 13.7. The number of benzene rings is 2. The van der Waals surface area contributed by atoms with Gasteiger partial charge in [-0.3, -0.25) is 0 Å². The van der Waals surface area contributed by atoms with Crippen LogP contribution < -0.4 is 4.90 Å². The SMILES string of the molecule is CC1=CC=C(N2c3ccccc3S(=O)(=O)c3ccccc32)CC1. The number of allylic oxidation sites excluding steroid dienone is 4. The Morgan fingerprint density at radius 1 is 0.826 bits per heavy atom. The lowest BCUT2D eigenvalue weighted by atomic mass is 10.0. The van der Waals surface area contributed by atoms with Gasteiger partial charge in [0.2, 0.25) is 9.84 Å². The summed E-state index contributed by atoms with van der Waals surface area (Å²) >= 11 is 0. The number of nitrogens with zero attached hydrogens (tertiary/aromatic N) is 1. The highest BCUT2D eigenvalue weighted by atomic mass is 32.2. The molecule has 0 amide bonds. The summed E-state index contributed by atoms with van der Waals surface area (Å²) in [6, 6.07) is 14.5. The number of sulfone groups is 1. The number of para-hydroxylation sites is 2. The van der Waals surface area contributed by atoms with Crippen molar-refractivity contribution in [2.75, 3.05) is 4.90 Å². The van der Waals surface area contributed by atoms with Gasteiger partial charge in [-0.15, -0.1) is 0 Å². The molecule has 0 radical (unpaired) electrons. The summed E-state index contributed by atoms with van der Waals surface area (Å²) in [5, 5.41) is 0. The van der Waals surface area contributed by atoms with Crippen LogP contribution in [0, 0.1) is 0 Å². The molecule has 0 N–H and O–H groups in total. The topological polar surface area (TPSA) is 37.4 Å². The van der Waals surface area contributed by atoms with E-state index < -0.39 is 9.84 Å². The lowest BCUT2D eigenvalue weighted by Crippen LogP contribution is -2.26. The number of anilines is 2. The van der Waals surface area contributed by atoms with E-state index in [1.807, 2.05) is 24.3 Å². The van der Waals surface area contributed by atoms with E-state index in [0.717, 1.165) is 29.9 Å². The minimum atomic E-state index is -3.47. The monoisotopic (exact) mass is 323 g/mol. The first-order chi connectivity index (χ1) is 11.1. The predicted molar refractivity (Wildman–Crippen MR) is 91.5 cm³/mol. The molecule has 0 saturated heterocycles. The van der Waals surface area contributed by atoms with Crippen molar-refractivity contribution in [1.29, 1.82) is 0 Å². The van der Waals surface area contributed by atoms with Gasteiger partial charge < -0.3 is 4.90 Å². The lowest BCUT2D eigenvalue weighted by Gasteiger charge is -2.35. The highest BCUT2D eigenvalue weighted by Gasteiger charge is 2.35. The number of hydrogen-bond donors (Lipinski definition) is 0. The average Bonchev–Trinajstić information content (AvgIpc) is 2.57. The average molecular weight is 323 g/mol. The molecule has 116 valence electrons. The fourth-order valence-electron chi connectivity index (χ4n) is 3.21. The Morgan fingerprint density at radius 3 is 1.91 bits per heavy atom. The van der Waals surface area contributed by atoms with Crippen LogP contribution in [0.1, 0.15) is 19.8 Å². The van der Waals surface area contributed by atoms with Crippen molar-refractivity contribution in [3.63, 3.8) is 0 Å². The van der Waals surface area contributed by atoms with Gasteiger partial charge in [0, 0.05) is 5.70 Å². The molecule has 0 atom stereocenters. The maximum Gasteiger partial charge on any atom is 0.210 e. The molecule has 0 spiro atoms. The van der Waals surface area contributed by atoms with Crippen molar-refractivity contribution in [2.24, 2.45) is 0 Å². The molecule has 0 unspecified atom stereocenters. The van der Waals surface area contributed by atoms with Gasteiger partial charge >= 0.3 is 0 Å². The summed E-state index contributed by atoms with van der Waals surface area (Å²) in [5.74, 6) is 0. The predicted octanol–water partition coefficient (Wildman–Crippen LogP) is 4.59. The molecule has 2 aromatic rings. The fraction of sp³-hybridized carbons (Fsp3) is 0.158. The van der Waals surface area contributed by atoms with Crippen molar-refractivity contribution < 1.29 is 8.42 Å². The quantitative estimate of drug-likeness (QED) is 0.770. The Bertz CT molecular complexity index is 901. The fourth-order valence-corrected chi connectivity index (χ4v) is 4.83. The minimum absolute atomic E-state index is 0.380. The van der Waals surface area contributed by atoms with E-state index in [1.54, 1.807) is 24.3 Å². The van der Waals surface area contributed by atoms with Gasteiger partial charge in [0.15, 0.2) is 0 Å². The Kier molecular flexibility index (Phi) is 3.16. The molecule has 0 fully saturated rings. The van der Waals surface area contributed by atoms with Crippen molar-refractivity contribution in [2.45, 2.75) is 29.6 Å². The van der Waals surface area contributed by atoms with Gasteiger partial charge in [-0.2, -0.15) is 0 Å². The summed E-state index contributed by atoms with van der Waals surface area (Å²) in [4.78, 5) is 2.85. The summed E-state index contributed by atoms with van der Waals surface area (Å²) < 4.78 is 25.8. The highest BCUT2D eigenvalue weighted by molar-refractivity contribution is 7.92. The number of rotatable bonds is 1. The van der Waals surface area contributed by atoms with Gasteiger partial charge in [0.05, 0.1) is 21.2 Å². The van der Waals surface area contributed by atoms with Crippen LogP contribution in [-0.2, 0) is 9.84 Å². The van der Waals surface area contributed by atoms with Crippen LogP contribution >= 0.6 is 0 Å². The third kappa shape index (κ3) is 2.13. The van der Waals surface area contributed by atoms with Crippen LogP contribution in [0.4, 0.5) is 11.4 Å². The summed E-state index contributed by atoms with van der Waals surface area (Å²) in [5.41, 5.74) is 3.96. The molecular weight excluding hydrogens is 306 g/mol. The first kappa shape index (κ1) is 14.3. The highest BCUT2D eigenvalue weighted by Crippen LogP contribution is 2.46. The summed E-state index contributed by atoms with van der Waals surface area (Å²) in [6.45, 7) is 2.12. The van der Waals surface area contributed by atoms with Gasteiger partial charge in [-0.05, 0) is 50.1 Å². The first-order valence-electron chi connectivity index (χ1n) is 7.68. The third-order valence-corrected chi connectivity index (χ3v) is 6.26. The third-order valence-electron chi connectivity index (χ3n) is 4.41. The maximum absolute atomic E-state index is 12.9. The number of fused-ring (bicyclic) bond motifs is 2. The van der Waals surface area contributed by atoms with Gasteiger partial charge in [-0.25, -0.2) is 8.42 Å². The Hall–Kier alpha value is -2.33. The van der Waals surface area contributed by atoms with E-state index in [4.69, 9.17) is 0 Å². The van der Waals surface area contributed by atoms with Crippen molar-refractivity contribution in [3.05, 3.63) is 72.0 Å². The Labute approximate surface area is 136 Å². The van der Waals surface area contributed by atoms with E-state index in [2.05, 4.69) is 24.0 Å². The molecule has 2 aliphatic rings. The molecule has 1 aliphatic heterocycles. The number of hydrogen-bond acceptors (Lipinski definition) is 3. The van der Waals surface area contributed by atoms with Crippen LogP contribution in [0.15, 0.2) is 81.7 Å². The Balaban J connectivity index is 2.02. The zero-order valence-electron chi connectivity index (χ0n) is 12.9. The molecule has 2 aromatic carbocycles. The van der Waals surface area contributed by atoms with Crippen molar-refractivity contribution >= 4 is 21.2 Å². The molecule has 4 rings (SSSR count). The molecule has 0 bridgehead atoms. The van der Waals surface area contributed by atoms with E-state index in [1.165, 1.54) is 5.57 Å². The molecule has 1 aliphatic carbocycles. The van der Waals surface area contributed by atoms with Crippen molar-refractivity contribution in [1.82, 2.24) is 0 Å². The van der Waals surface area contributed by atoms with Crippen LogP contribution in [-0.4, -0.2) is 8.42 Å². The minimum Gasteiger partial charge on any atom is -0.312 e. The second-order valence-electron chi connectivity index (χ2n) is 5.95. The van der Waals surface area contributed by atoms with Crippen molar-refractivity contribution in [3.8, 4) is 0 Å². The van der Waals surface area contributed by atoms with Crippen LogP contribution in [0.3, 0.4) is 0 Å². The second kappa shape index (κ2) is 5.10. The van der Waals surface area contributed by atoms with E-state index in [-0.39, 0.29) is 0 Å². The van der Waals surface area contributed by atoms with Crippen LogP contribution in [0.2, 0.25) is 0 Å². The molecule has 0 aromatic heterocycles. The first-order valence-corrected chi connectivity index (χ1v) is 9.17. The van der Waals surface area contributed by atoms with E-state index in [0.29, 0.717) is 9.79 Å². The van der Waals surface area contributed by atoms with Gasteiger partial charge in [0.25, 0.3) is 0 Å². The van der Waals surface area contributed by atoms with Gasteiger partial charge in [0.1, 0.15) is 0 Å². The van der Waals surface area contributed by atoms with Crippen LogP contribution in [0.25, 0.3) is 0 Å². The largest absolute Gasteiger partial charge is 0.312 e. The maximum atomic E-state index is 12.9. The normalized spacial score (nSPS) is 18.6. The standard InChI is InChI=1S/C19H17NO2S/c1-14-10-12-15(13-11-14)20-16-6-2-4-8-18(16)23(21,22)19-9-5-3-7-17(19)20/h2-10,12H,11,13H2,1H3. The molecule has 1 heterocycles. The molecule has 0 saturated carbocycles. The molecule has 3 nitrogen and oxygen atoms in total. The summed E-state index contributed by atoms with van der Waals surface area (Å²) in [6.07, 6.45) is 6.13. The smallest absolute Gasteiger partial charge is 0.210 e. The lowest BCUT2D eigenvalue weighted by molar-refractivity contribution is 0.594.